The van der Waals surface area contributed by atoms with Crippen LogP contribution in [0.2, 0.25) is 0 Å². The maximum absolute atomic E-state index is 12.0. The van der Waals surface area contributed by atoms with Gasteiger partial charge in [0.05, 0.1) is 19.6 Å². The van der Waals surface area contributed by atoms with Gasteiger partial charge < -0.3 is 18.9 Å². The second-order valence-electron chi connectivity index (χ2n) is 4.48. The van der Waals surface area contributed by atoms with E-state index < -0.39 is 11.9 Å². The molecule has 6 heteroatoms. The first-order valence-corrected chi connectivity index (χ1v) is 7.07. The van der Waals surface area contributed by atoms with Crippen molar-refractivity contribution < 1.29 is 28.5 Å². The number of esters is 2. The van der Waals surface area contributed by atoms with Gasteiger partial charge in [0.1, 0.15) is 0 Å². The molecule has 1 aromatic rings. The van der Waals surface area contributed by atoms with Crippen LogP contribution in [0.3, 0.4) is 0 Å². The van der Waals surface area contributed by atoms with Crippen LogP contribution in [0.25, 0.3) is 6.08 Å². The molecule has 1 aliphatic heterocycles. The highest BCUT2D eigenvalue weighted by Gasteiger charge is 2.17. The van der Waals surface area contributed by atoms with Gasteiger partial charge in [0.15, 0.2) is 11.5 Å². The van der Waals surface area contributed by atoms with E-state index in [-0.39, 0.29) is 32.0 Å². The molecule has 22 heavy (non-hydrogen) atoms. The van der Waals surface area contributed by atoms with Gasteiger partial charge in [0.25, 0.3) is 0 Å². The number of carbonyl (C=O) groups excluding carboxylic acids is 2. The lowest BCUT2D eigenvalue weighted by atomic mass is 10.1. The lowest BCUT2D eigenvalue weighted by Crippen LogP contribution is -2.13. The Labute approximate surface area is 128 Å². The van der Waals surface area contributed by atoms with Gasteiger partial charge in [-0.25, -0.2) is 4.79 Å². The van der Waals surface area contributed by atoms with Crippen molar-refractivity contribution in [3.8, 4) is 11.5 Å². The van der Waals surface area contributed by atoms with Crippen molar-refractivity contribution in [1.82, 2.24) is 0 Å². The lowest BCUT2D eigenvalue weighted by Gasteiger charge is -2.07. The third-order valence-electron chi connectivity index (χ3n) is 2.92. The maximum Gasteiger partial charge on any atom is 0.334 e. The molecule has 118 valence electrons. The fourth-order valence-electron chi connectivity index (χ4n) is 1.98. The smallest absolute Gasteiger partial charge is 0.334 e. The summed E-state index contributed by atoms with van der Waals surface area (Å²) in [6.45, 7) is 4.10. The first kappa shape index (κ1) is 15.9. The monoisotopic (exact) mass is 306 g/mol. The molecule has 0 radical (unpaired) electrons. The minimum absolute atomic E-state index is 0.138. The van der Waals surface area contributed by atoms with Crippen LogP contribution in [0.4, 0.5) is 0 Å². The normalized spacial score (nSPS) is 12.9. The first-order valence-electron chi connectivity index (χ1n) is 7.07. The number of carbonyl (C=O) groups is 2. The van der Waals surface area contributed by atoms with Crippen LogP contribution in [-0.2, 0) is 19.1 Å². The quantitative estimate of drug-likeness (QED) is 0.593. The van der Waals surface area contributed by atoms with Crippen LogP contribution in [0.5, 0.6) is 11.5 Å². The third-order valence-corrected chi connectivity index (χ3v) is 2.92. The van der Waals surface area contributed by atoms with Crippen LogP contribution < -0.4 is 9.47 Å². The number of rotatable bonds is 6. The highest BCUT2D eigenvalue weighted by Crippen LogP contribution is 2.33. The number of hydrogen-bond acceptors (Lipinski definition) is 6. The molecule has 0 N–H and O–H groups in total. The van der Waals surface area contributed by atoms with Gasteiger partial charge in [-0.05, 0) is 37.6 Å². The third kappa shape index (κ3) is 4.00. The fraction of sp³-hybridized carbons (Fsp3) is 0.375. The van der Waals surface area contributed by atoms with Gasteiger partial charge in [0.2, 0.25) is 6.79 Å². The van der Waals surface area contributed by atoms with E-state index in [0.717, 1.165) is 5.56 Å². The summed E-state index contributed by atoms with van der Waals surface area (Å²) in [5, 5.41) is 0. The molecule has 1 heterocycles. The fourth-order valence-corrected chi connectivity index (χ4v) is 1.98. The summed E-state index contributed by atoms with van der Waals surface area (Å²) >= 11 is 0. The molecule has 0 saturated carbocycles. The Bertz CT molecular complexity index is 590. The summed E-state index contributed by atoms with van der Waals surface area (Å²) in [6, 6.07) is 5.27. The Morgan fingerprint density at radius 1 is 1.14 bits per heavy atom. The van der Waals surface area contributed by atoms with Crippen molar-refractivity contribution >= 4 is 18.0 Å². The molecule has 1 aliphatic rings. The van der Waals surface area contributed by atoms with Crippen LogP contribution in [0.15, 0.2) is 23.8 Å². The van der Waals surface area contributed by atoms with Crippen molar-refractivity contribution in [3.05, 3.63) is 29.3 Å². The number of ether oxygens (including phenoxy) is 4. The van der Waals surface area contributed by atoms with Gasteiger partial charge in [-0.15, -0.1) is 0 Å². The summed E-state index contributed by atoms with van der Waals surface area (Å²) in [7, 11) is 0. The van der Waals surface area contributed by atoms with E-state index in [4.69, 9.17) is 18.9 Å². The van der Waals surface area contributed by atoms with E-state index in [1.165, 1.54) is 0 Å². The number of benzene rings is 1. The van der Waals surface area contributed by atoms with Gasteiger partial charge >= 0.3 is 11.9 Å². The summed E-state index contributed by atoms with van der Waals surface area (Å²) in [5.74, 6) is 0.254. The van der Waals surface area contributed by atoms with Gasteiger partial charge in [-0.3, -0.25) is 4.79 Å². The average Bonchev–Trinajstić information content (AvgIpc) is 2.94. The highest BCUT2D eigenvalue weighted by atomic mass is 16.7. The van der Waals surface area contributed by atoms with E-state index in [1.54, 1.807) is 38.1 Å². The lowest BCUT2D eigenvalue weighted by molar-refractivity contribution is -0.145. The molecule has 0 aliphatic carbocycles. The van der Waals surface area contributed by atoms with Crippen LogP contribution in [0, 0.1) is 0 Å². The minimum Gasteiger partial charge on any atom is -0.466 e. The zero-order chi connectivity index (χ0) is 15.9. The maximum atomic E-state index is 12.0. The predicted molar refractivity (Wildman–Crippen MR) is 78.4 cm³/mol. The standard InChI is InChI=1S/C16H18O6/c1-3-19-15(17)9-12(16(18)20-4-2)7-11-5-6-13-14(8-11)22-10-21-13/h5-8H,3-4,9-10H2,1-2H3/b12-7-. The molecule has 0 saturated heterocycles. The van der Waals surface area contributed by atoms with E-state index in [0.29, 0.717) is 11.5 Å². The molecule has 0 bridgehead atoms. The molecule has 0 spiro atoms. The van der Waals surface area contributed by atoms with Gasteiger partial charge in [-0.1, -0.05) is 6.07 Å². The molecule has 0 fully saturated rings. The zero-order valence-electron chi connectivity index (χ0n) is 12.6. The second-order valence-corrected chi connectivity index (χ2v) is 4.48. The molecule has 0 aromatic heterocycles. The van der Waals surface area contributed by atoms with E-state index in [1.807, 2.05) is 0 Å². The Morgan fingerprint density at radius 2 is 1.86 bits per heavy atom. The summed E-state index contributed by atoms with van der Waals surface area (Å²) < 4.78 is 20.4. The zero-order valence-corrected chi connectivity index (χ0v) is 12.6. The Kier molecular flexibility index (Phi) is 5.41. The number of fused-ring (bicyclic) bond motifs is 1. The Morgan fingerprint density at radius 3 is 2.59 bits per heavy atom. The number of hydrogen-bond donors (Lipinski definition) is 0. The average molecular weight is 306 g/mol. The van der Waals surface area contributed by atoms with Gasteiger partial charge in [0, 0.05) is 5.57 Å². The molecule has 0 atom stereocenters. The molecular formula is C16H18O6. The second kappa shape index (κ2) is 7.49. The van der Waals surface area contributed by atoms with E-state index in [2.05, 4.69) is 0 Å². The summed E-state index contributed by atoms with van der Waals surface area (Å²) in [5.41, 5.74) is 0.954. The van der Waals surface area contributed by atoms with Crippen molar-refractivity contribution in [1.29, 1.82) is 0 Å². The van der Waals surface area contributed by atoms with Crippen LogP contribution in [0.1, 0.15) is 25.8 Å². The summed E-state index contributed by atoms with van der Waals surface area (Å²) in [6.07, 6.45) is 1.46. The van der Waals surface area contributed by atoms with Crippen LogP contribution >= 0.6 is 0 Å². The van der Waals surface area contributed by atoms with E-state index >= 15 is 0 Å². The Balaban J connectivity index is 2.22. The molecular weight excluding hydrogens is 288 g/mol. The Hall–Kier alpha value is -2.50. The van der Waals surface area contributed by atoms with Crippen molar-refractivity contribution in [2.75, 3.05) is 20.0 Å². The van der Waals surface area contributed by atoms with Crippen molar-refractivity contribution in [2.45, 2.75) is 20.3 Å². The highest BCUT2D eigenvalue weighted by molar-refractivity contribution is 5.98. The predicted octanol–water partition coefficient (Wildman–Crippen LogP) is 2.32. The molecule has 2 rings (SSSR count). The molecule has 0 amide bonds. The van der Waals surface area contributed by atoms with Gasteiger partial charge in [-0.2, -0.15) is 0 Å². The molecule has 1 aromatic carbocycles. The topological polar surface area (TPSA) is 71.1 Å². The SMILES string of the molecule is CCOC(=O)C/C(=C/c1ccc2c(c1)OCO2)C(=O)OCC. The van der Waals surface area contributed by atoms with Crippen molar-refractivity contribution in [2.24, 2.45) is 0 Å². The largest absolute Gasteiger partial charge is 0.466 e. The molecule has 0 unspecified atom stereocenters. The van der Waals surface area contributed by atoms with Crippen LogP contribution in [-0.4, -0.2) is 31.9 Å². The minimum atomic E-state index is -0.534. The summed E-state index contributed by atoms with van der Waals surface area (Å²) in [4.78, 5) is 23.6. The first-order chi connectivity index (χ1) is 10.6. The van der Waals surface area contributed by atoms with E-state index in [9.17, 15) is 9.59 Å². The molecule has 6 nitrogen and oxygen atoms in total. The van der Waals surface area contributed by atoms with Crippen molar-refractivity contribution in [3.63, 3.8) is 0 Å².